The van der Waals surface area contributed by atoms with Crippen LogP contribution >= 0.6 is 0 Å². The van der Waals surface area contributed by atoms with E-state index in [1.165, 1.54) is 39.0 Å². The van der Waals surface area contributed by atoms with Crippen molar-refractivity contribution in [3.8, 4) is 0 Å². The summed E-state index contributed by atoms with van der Waals surface area (Å²) in [5.74, 6) is -2.03. The van der Waals surface area contributed by atoms with E-state index in [1.54, 1.807) is 0 Å². The third kappa shape index (κ3) is 3.56. The highest BCUT2D eigenvalue weighted by atomic mass is 19.2. The van der Waals surface area contributed by atoms with E-state index in [-0.39, 0.29) is 5.56 Å². The smallest absolute Gasteiger partial charge is 0.194 e. The van der Waals surface area contributed by atoms with Gasteiger partial charge in [-0.05, 0) is 48.8 Å². The molecule has 1 aromatic rings. The van der Waals surface area contributed by atoms with Crippen LogP contribution in [0.25, 0.3) is 0 Å². The third-order valence-corrected chi connectivity index (χ3v) is 4.71. The highest BCUT2D eigenvalue weighted by Crippen LogP contribution is 2.30. The van der Waals surface area contributed by atoms with E-state index in [1.807, 2.05) is 0 Å². The van der Waals surface area contributed by atoms with Gasteiger partial charge in [0.15, 0.2) is 17.5 Å². The zero-order valence-corrected chi connectivity index (χ0v) is 12.3. The third-order valence-electron chi connectivity index (χ3n) is 4.71. The first-order valence-corrected chi connectivity index (χ1v) is 7.62. The van der Waals surface area contributed by atoms with Gasteiger partial charge in [0.25, 0.3) is 0 Å². The Balaban J connectivity index is 2.00. The van der Waals surface area contributed by atoms with Crippen molar-refractivity contribution in [2.75, 3.05) is 0 Å². The fourth-order valence-corrected chi connectivity index (χ4v) is 3.21. The molecule has 1 aliphatic rings. The van der Waals surface area contributed by atoms with Gasteiger partial charge in [-0.1, -0.05) is 39.0 Å². The molecule has 0 radical (unpaired) electrons. The van der Waals surface area contributed by atoms with E-state index >= 15 is 0 Å². The van der Waals surface area contributed by atoms with E-state index in [9.17, 15) is 13.2 Å². The number of rotatable bonds is 3. The monoisotopic (exact) mass is 284 g/mol. The highest BCUT2D eigenvalue weighted by molar-refractivity contribution is 5.29. The summed E-state index contributed by atoms with van der Waals surface area (Å²) in [7, 11) is 0. The van der Waals surface area contributed by atoms with Crippen LogP contribution in [0.2, 0.25) is 0 Å². The van der Waals surface area contributed by atoms with Crippen molar-refractivity contribution < 1.29 is 13.2 Å². The van der Waals surface area contributed by atoms with Crippen molar-refractivity contribution in [1.29, 1.82) is 0 Å². The Morgan fingerprint density at radius 1 is 1.05 bits per heavy atom. The Bertz CT molecular complexity index is 468. The predicted octanol–water partition coefficient (Wildman–Crippen LogP) is 5.56. The lowest BCUT2D eigenvalue weighted by atomic mass is 9.91. The largest absolute Gasteiger partial charge is 0.204 e. The van der Waals surface area contributed by atoms with Crippen LogP contribution in [-0.4, -0.2) is 0 Å². The molecule has 0 amide bonds. The van der Waals surface area contributed by atoms with Crippen molar-refractivity contribution in [3.63, 3.8) is 0 Å². The molecule has 0 aliphatic heterocycles. The van der Waals surface area contributed by atoms with Crippen molar-refractivity contribution in [2.24, 2.45) is 11.8 Å². The molecule has 0 saturated heterocycles. The van der Waals surface area contributed by atoms with Crippen LogP contribution in [-0.2, 0) is 6.42 Å². The maximum absolute atomic E-state index is 13.5. The molecule has 0 N–H and O–H groups in total. The summed E-state index contributed by atoms with van der Waals surface area (Å²) in [5, 5.41) is 0. The van der Waals surface area contributed by atoms with Gasteiger partial charge in [-0.3, -0.25) is 0 Å². The Morgan fingerprint density at radius 2 is 1.80 bits per heavy atom. The van der Waals surface area contributed by atoms with E-state index in [2.05, 4.69) is 6.92 Å². The molecular weight excluding hydrogens is 261 g/mol. The summed E-state index contributed by atoms with van der Waals surface area (Å²) >= 11 is 0. The van der Waals surface area contributed by atoms with Gasteiger partial charge in [0.2, 0.25) is 0 Å². The summed E-state index contributed by atoms with van der Waals surface area (Å²) in [6, 6.07) is 1.16. The molecule has 1 aliphatic carbocycles. The van der Waals surface area contributed by atoms with E-state index in [0.29, 0.717) is 17.9 Å². The minimum absolute atomic E-state index is 0.255. The van der Waals surface area contributed by atoms with Crippen LogP contribution in [0.1, 0.15) is 56.6 Å². The predicted molar refractivity (Wildman–Crippen MR) is 75.1 cm³/mol. The van der Waals surface area contributed by atoms with Gasteiger partial charge < -0.3 is 0 Å². The van der Waals surface area contributed by atoms with Gasteiger partial charge in [0.05, 0.1) is 0 Å². The van der Waals surface area contributed by atoms with Crippen molar-refractivity contribution in [3.05, 3.63) is 34.6 Å². The molecule has 1 fully saturated rings. The van der Waals surface area contributed by atoms with Crippen LogP contribution < -0.4 is 0 Å². The van der Waals surface area contributed by atoms with Crippen molar-refractivity contribution in [2.45, 2.75) is 58.8 Å². The molecule has 0 heterocycles. The first kappa shape index (κ1) is 15.4. The molecule has 112 valence electrons. The van der Waals surface area contributed by atoms with Crippen LogP contribution in [0.5, 0.6) is 0 Å². The molecule has 0 nitrogen and oxygen atoms in total. The standard InChI is InChI=1S/C17H23F3/c1-11-4-3-5-13(7-6-11)8-9-14-10-15(18)17(20)16(19)12(14)2/h10-11,13H,3-9H2,1-2H3. The molecule has 2 rings (SSSR count). The fourth-order valence-electron chi connectivity index (χ4n) is 3.21. The number of hydrogen-bond acceptors (Lipinski definition) is 0. The molecule has 0 bridgehead atoms. The van der Waals surface area contributed by atoms with Gasteiger partial charge in [-0.2, -0.15) is 0 Å². The van der Waals surface area contributed by atoms with Gasteiger partial charge in [-0.15, -0.1) is 0 Å². The Morgan fingerprint density at radius 3 is 2.55 bits per heavy atom. The van der Waals surface area contributed by atoms with Gasteiger partial charge >= 0.3 is 0 Å². The molecule has 2 atom stereocenters. The molecule has 0 aromatic heterocycles. The van der Waals surface area contributed by atoms with E-state index < -0.39 is 17.5 Å². The second-order valence-electron chi connectivity index (χ2n) is 6.29. The lowest BCUT2D eigenvalue weighted by Gasteiger charge is -2.15. The zero-order valence-electron chi connectivity index (χ0n) is 12.3. The lowest BCUT2D eigenvalue weighted by Crippen LogP contribution is -2.05. The SMILES string of the molecule is Cc1c(CCC2CCCC(C)CC2)cc(F)c(F)c1F. The van der Waals surface area contributed by atoms with Crippen LogP contribution in [0.4, 0.5) is 13.2 Å². The Labute approximate surface area is 119 Å². The quantitative estimate of drug-likeness (QED) is 0.503. The van der Waals surface area contributed by atoms with Gasteiger partial charge in [0, 0.05) is 0 Å². The second kappa shape index (κ2) is 6.64. The first-order chi connectivity index (χ1) is 9.49. The fraction of sp³-hybridized carbons (Fsp3) is 0.647. The minimum atomic E-state index is -1.35. The summed E-state index contributed by atoms with van der Waals surface area (Å²) in [4.78, 5) is 0. The molecule has 1 aromatic carbocycles. The first-order valence-electron chi connectivity index (χ1n) is 7.62. The lowest BCUT2D eigenvalue weighted by molar-refractivity contribution is 0.413. The number of halogens is 3. The highest BCUT2D eigenvalue weighted by Gasteiger charge is 2.19. The van der Waals surface area contributed by atoms with Gasteiger partial charge in [-0.25, -0.2) is 13.2 Å². The van der Waals surface area contributed by atoms with Crippen molar-refractivity contribution in [1.82, 2.24) is 0 Å². The number of hydrogen-bond donors (Lipinski definition) is 0. The number of aryl methyl sites for hydroxylation is 1. The Hall–Kier alpha value is -0.990. The number of benzene rings is 1. The normalized spacial score (nSPS) is 23.6. The molecule has 0 spiro atoms. The Kier molecular flexibility index (Phi) is 5.11. The second-order valence-corrected chi connectivity index (χ2v) is 6.29. The topological polar surface area (TPSA) is 0 Å². The maximum atomic E-state index is 13.5. The van der Waals surface area contributed by atoms with Crippen LogP contribution in [0.15, 0.2) is 6.07 Å². The molecule has 1 saturated carbocycles. The van der Waals surface area contributed by atoms with E-state index in [4.69, 9.17) is 0 Å². The summed E-state index contributed by atoms with van der Waals surface area (Å²) in [5.41, 5.74) is 0.865. The average molecular weight is 284 g/mol. The molecule has 20 heavy (non-hydrogen) atoms. The van der Waals surface area contributed by atoms with Crippen molar-refractivity contribution >= 4 is 0 Å². The summed E-state index contributed by atoms with van der Waals surface area (Å²) in [6.45, 7) is 3.82. The van der Waals surface area contributed by atoms with Gasteiger partial charge in [0.1, 0.15) is 0 Å². The maximum Gasteiger partial charge on any atom is 0.194 e. The molecule has 2 unspecified atom stereocenters. The molecule has 3 heteroatoms. The zero-order chi connectivity index (χ0) is 14.7. The minimum Gasteiger partial charge on any atom is -0.204 e. The van der Waals surface area contributed by atoms with Crippen LogP contribution in [0.3, 0.4) is 0 Å². The van der Waals surface area contributed by atoms with E-state index in [0.717, 1.165) is 18.4 Å². The van der Waals surface area contributed by atoms with Crippen LogP contribution in [0, 0.1) is 36.2 Å². The molecular formula is C17H23F3. The summed E-state index contributed by atoms with van der Waals surface area (Å²) < 4.78 is 39.9. The average Bonchev–Trinajstić information content (AvgIpc) is 2.64. The summed E-state index contributed by atoms with van der Waals surface area (Å²) in [6.07, 6.45) is 7.76.